The Bertz CT molecular complexity index is 682. The Morgan fingerprint density at radius 1 is 1.17 bits per heavy atom. The molecule has 0 bridgehead atoms. The summed E-state index contributed by atoms with van der Waals surface area (Å²) in [5, 5.41) is 0. The summed E-state index contributed by atoms with van der Waals surface area (Å²) in [5.41, 5.74) is 1.53. The first kappa shape index (κ1) is 16.5. The van der Waals surface area contributed by atoms with Crippen LogP contribution in [0.25, 0.3) is 0 Å². The van der Waals surface area contributed by atoms with Gasteiger partial charge in [0.25, 0.3) is 0 Å². The molecular formula is C17H23FN6. The minimum atomic E-state index is -0.284. The van der Waals surface area contributed by atoms with Crippen LogP contribution in [0.15, 0.2) is 18.7 Å². The van der Waals surface area contributed by atoms with Crippen molar-refractivity contribution in [2.45, 2.75) is 39.2 Å². The smallest absolute Gasteiger partial charge is 0.225 e. The molecule has 0 spiro atoms. The van der Waals surface area contributed by atoms with Gasteiger partial charge in [0, 0.05) is 38.6 Å². The Hall–Kier alpha value is -2.31. The zero-order valence-corrected chi connectivity index (χ0v) is 14.4. The highest BCUT2D eigenvalue weighted by molar-refractivity contribution is 5.42. The van der Waals surface area contributed by atoms with E-state index in [2.05, 4.69) is 24.8 Å². The molecule has 0 amide bonds. The van der Waals surface area contributed by atoms with Gasteiger partial charge in [-0.1, -0.05) is 6.92 Å². The van der Waals surface area contributed by atoms with Crippen molar-refractivity contribution < 1.29 is 4.39 Å². The summed E-state index contributed by atoms with van der Waals surface area (Å²) in [6, 6.07) is 0.347. The van der Waals surface area contributed by atoms with Crippen molar-refractivity contribution in [2.24, 2.45) is 0 Å². The van der Waals surface area contributed by atoms with Gasteiger partial charge in [-0.25, -0.2) is 24.3 Å². The molecule has 3 heterocycles. The third-order valence-electron chi connectivity index (χ3n) is 4.57. The molecule has 1 aliphatic rings. The predicted molar refractivity (Wildman–Crippen MR) is 91.8 cm³/mol. The third-order valence-corrected chi connectivity index (χ3v) is 4.57. The van der Waals surface area contributed by atoms with Gasteiger partial charge >= 0.3 is 0 Å². The largest absolute Gasteiger partial charge is 0.354 e. The molecule has 2 aromatic heterocycles. The second-order valence-electron chi connectivity index (χ2n) is 6.20. The fourth-order valence-electron chi connectivity index (χ4n) is 3.06. The van der Waals surface area contributed by atoms with Crippen LogP contribution in [0, 0.1) is 12.7 Å². The fraction of sp³-hybridized carbons (Fsp3) is 0.529. The molecule has 1 aliphatic heterocycles. The van der Waals surface area contributed by atoms with Crippen LogP contribution in [0.1, 0.15) is 31.0 Å². The van der Waals surface area contributed by atoms with Crippen LogP contribution in [0.3, 0.4) is 0 Å². The molecule has 1 saturated heterocycles. The Balaban J connectivity index is 1.66. The molecule has 7 heteroatoms. The molecule has 0 N–H and O–H groups in total. The quantitative estimate of drug-likeness (QED) is 0.858. The maximum Gasteiger partial charge on any atom is 0.225 e. The molecule has 0 aromatic carbocycles. The van der Waals surface area contributed by atoms with E-state index in [9.17, 15) is 4.39 Å². The lowest BCUT2D eigenvalue weighted by molar-refractivity contribution is 0.467. The Labute approximate surface area is 141 Å². The van der Waals surface area contributed by atoms with Crippen LogP contribution in [-0.4, -0.2) is 46.1 Å². The topological polar surface area (TPSA) is 58.0 Å². The van der Waals surface area contributed by atoms with E-state index in [1.54, 1.807) is 0 Å². The van der Waals surface area contributed by atoms with E-state index in [1.165, 1.54) is 6.33 Å². The molecule has 0 aliphatic carbocycles. The van der Waals surface area contributed by atoms with Crippen molar-refractivity contribution in [2.75, 3.05) is 29.9 Å². The summed E-state index contributed by atoms with van der Waals surface area (Å²) < 4.78 is 14.4. The zero-order valence-electron chi connectivity index (χ0n) is 14.4. The highest BCUT2D eigenvalue weighted by Crippen LogP contribution is 2.25. The number of hydrogen-bond acceptors (Lipinski definition) is 6. The highest BCUT2D eigenvalue weighted by Gasteiger charge is 2.26. The van der Waals surface area contributed by atoms with Gasteiger partial charge in [0.1, 0.15) is 6.33 Å². The number of anilines is 2. The van der Waals surface area contributed by atoms with Crippen molar-refractivity contribution in [1.29, 1.82) is 0 Å². The summed E-state index contributed by atoms with van der Waals surface area (Å²) in [4.78, 5) is 21.1. The van der Waals surface area contributed by atoms with Gasteiger partial charge in [0.2, 0.25) is 5.95 Å². The van der Waals surface area contributed by atoms with Crippen LogP contribution in [0.4, 0.5) is 16.2 Å². The fourth-order valence-corrected chi connectivity index (χ4v) is 3.06. The molecule has 6 nitrogen and oxygen atoms in total. The number of piperidine rings is 1. The molecule has 0 saturated carbocycles. The molecule has 0 radical (unpaired) electrons. The monoisotopic (exact) mass is 330 g/mol. The molecule has 128 valence electrons. The molecule has 24 heavy (non-hydrogen) atoms. The minimum absolute atomic E-state index is 0.284. The lowest BCUT2D eigenvalue weighted by atomic mass is 10.0. The maximum absolute atomic E-state index is 14.4. The first-order valence-electron chi connectivity index (χ1n) is 8.36. The summed E-state index contributed by atoms with van der Waals surface area (Å²) in [6.45, 7) is 5.40. The lowest BCUT2D eigenvalue weighted by Gasteiger charge is -2.37. The number of halogens is 1. The number of nitrogens with zero attached hydrogens (tertiary/aromatic N) is 6. The molecular weight excluding hydrogens is 307 g/mol. The maximum atomic E-state index is 14.4. The van der Waals surface area contributed by atoms with E-state index >= 15 is 0 Å². The number of aryl methyl sites for hydroxylation is 2. The van der Waals surface area contributed by atoms with Gasteiger partial charge in [-0.05, 0) is 31.7 Å². The van der Waals surface area contributed by atoms with E-state index in [0.29, 0.717) is 24.0 Å². The van der Waals surface area contributed by atoms with E-state index in [1.807, 2.05) is 38.2 Å². The first-order chi connectivity index (χ1) is 11.6. The van der Waals surface area contributed by atoms with Crippen LogP contribution >= 0.6 is 0 Å². The van der Waals surface area contributed by atoms with Gasteiger partial charge in [0.05, 0.1) is 5.69 Å². The van der Waals surface area contributed by atoms with Gasteiger partial charge in [-0.3, -0.25) is 0 Å². The molecule has 0 atom stereocenters. The van der Waals surface area contributed by atoms with Crippen LogP contribution in [0.5, 0.6) is 0 Å². The van der Waals surface area contributed by atoms with Crippen LogP contribution in [-0.2, 0) is 6.42 Å². The van der Waals surface area contributed by atoms with Crippen molar-refractivity contribution in [3.63, 3.8) is 0 Å². The summed E-state index contributed by atoms with van der Waals surface area (Å²) in [6.07, 6.45) is 7.52. The normalized spacial score (nSPS) is 15.6. The zero-order chi connectivity index (χ0) is 17.1. The Kier molecular flexibility index (Phi) is 4.87. The Morgan fingerprint density at radius 3 is 2.46 bits per heavy atom. The average Bonchev–Trinajstić information content (AvgIpc) is 2.62. The third kappa shape index (κ3) is 3.29. The van der Waals surface area contributed by atoms with Gasteiger partial charge in [-0.15, -0.1) is 0 Å². The molecule has 0 unspecified atom stereocenters. The van der Waals surface area contributed by atoms with E-state index in [4.69, 9.17) is 0 Å². The molecule has 2 aromatic rings. The first-order valence-corrected chi connectivity index (χ1v) is 8.36. The van der Waals surface area contributed by atoms with Crippen molar-refractivity contribution in [3.05, 3.63) is 35.8 Å². The van der Waals surface area contributed by atoms with E-state index in [0.717, 1.165) is 37.4 Å². The van der Waals surface area contributed by atoms with Crippen molar-refractivity contribution in [3.8, 4) is 0 Å². The van der Waals surface area contributed by atoms with Crippen molar-refractivity contribution >= 4 is 11.8 Å². The Morgan fingerprint density at radius 2 is 1.83 bits per heavy atom. The second-order valence-corrected chi connectivity index (χ2v) is 6.20. The van der Waals surface area contributed by atoms with Gasteiger partial charge in [-0.2, -0.15) is 0 Å². The minimum Gasteiger partial charge on any atom is -0.354 e. The summed E-state index contributed by atoms with van der Waals surface area (Å²) >= 11 is 0. The standard InChI is InChI=1S/C17H23FN6/c1-4-14-15(18)16(22-11-21-14)24-7-5-13(6-8-24)23(3)17-19-9-12(2)10-20-17/h9-11,13H,4-8H2,1-3H3. The summed E-state index contributed by atoms with van der Waals surface area (Å²) in [5.74, 6) is 0.878. The van der Waals surface area contributed by atoms with Crippen molar-refractivity contribution in [1.82, 2.24) is 19.9 Å². The highest BCUT2D eigenvalue weighted by atomic mass is 19.1. The number of hydrogen-bond donors (Lipinski definition) is 0. The summed E-state index contributed by atoms with van der Waals surface area (Å²) in [7, 11) is 2.02. The lowest BCUT2D eigenvalue weighted by Crippen LogP contribution is -2.44. The second kappa shape index (κ2) is 7.07. The van der Waals surface area contributed by atoms with Crippen LogP contribution < -0.4 is 9.80 Å². The average molecular weight is 330 g/mol. The van der Waals surface area contributed by atoms with Gasteiger partial charge in [0.15, 0.2) is 11.6 Å². The number of aromatic nitrogens is 4. The van der Waals surface area contributed by atoms with Crippen LogP contribution in [0.2, 0.25) is 0 Å². The predicted octanol–water partition coefficient (Wildman–Crippen LogP) is 2.38. The van der Waals surface area contributed by atoms with E-state index in [-0.39, 0.29) is 5.82 Å². The van der Waals surface area contributed by atoms with E-state index < -0.39 is 0 Å². The van der Waals surface area contributed by atoms with Gasteiger partial charge < -0.3 is 9.80 Å². The molecule has 3 rings (SSSR count). The molecule has 1 fully saturated rings. The number of rotatable bonds is 4. The SMILES string of the molecule is CCc1ncnc(N2CCC(N(C)c3ncc(C)cn3)CC2)c1F.